The molecule has 0 rings (SSSR count). The van der Waals surface area contributed by atoms with E-state index in [1.807, 2.05) is 0 Å². The summed E-state index contributed by atoms with van der Waals surface area (Å²) in [5, 5.41) is 0. The van der Waals surface area contributed by atoms with Crippen molar-refractivity contribution in [3.63, 3.8) is 0 Å². The monoisotopic (exact) mass is 713 g/mol. The predicted molar refractivity (Wildman–Crippen MR) is 181 cm³/mol. The van der Waals surface area contributed by atoms with Crippen LogP contribution >= 0.6 is 0 Å². The van der Waals surface area contributed by atoms with Crippen LogP contribution in [-0.4, -0.2) is 99.7 Å². The summed E-state index contributed by atoms with van der Waals surface area (Å²) in [5.74, 6) is 0. The Morgan fingerprint density at radius 2 is 0.349 bits per heavy atom. The minimum absolute atomic E-state index is 0. The fraction of sp³-hybridized carbons (Fsp3) is 1.00. The first-order valence-electron chi connectivity index (χ1n) is 16.2. The maximum atomic E-state index is 2.33. The second-order valence-corrected chi connectivity index (χ2v) is 11.3. The van der Waals surface area contributed by atoms with E-state index >= 15 is 0 Å². The zero-order valence-corrected chi connectivity index (χ0v) is 32.6. The minimum atomic E-state index is 0. The molecule has 0 aliphatic rings. The average Bonchev–Trinajstić information content (AvgIpc) is 2.87. The van der Waals surface area contributed by atoms with E-state index in [0.717, 1.165) is 0 Å². The quantitative estimate of drug-likeness (QED) is 0.118. The maximum absolute atomic E-state index is 2.33. The first-order chi connectivity index (χ1) is 16.5. The van der Waals surface area contributed by atoms with Crippen molar-refractivity contribution in [2.75, 3.05) is 52.4 Å². The van der Waals surface area contributed by atoms with Gasteiger partial charge in [-0.2, -0.15) is 0 Å². The van der Waals surface area contributed by atoms with Crippen LogP contribution in [0.5, 0.6) is 0 Å². The number of unbranched alkanes of at least 4 members (excludes halogenated alkanes) is 8. The van der Waals surface area contributed by atoms with Crippen LogP contribution in [0.4, 0.5) is 0 Å². The number of nitrogens with zero attached hydrogens (tertiary/aromatic N) is 2. The van der Waals surface area contributed by atoms with E-state index in [0.29, 0.717) is 0 Å². The van der Waals surface area contributed by atoms with Gasteiger partial charge in [0.05, 0.1) is 52.4 Å². The molecule has 0 saturated heterocycles. The van der Waals surface area contributed by atoms with Crippen molar-refractivity contribution in [3.8, 4) is 0 Å². The third kappa shape index (κ3) is 42.7. The molecule has 0 bridgehead atoms. The van der Waals surface area contributed by atoms with Gasteiger partial charge in [-0.15, -0.1) is 0 Å². The van der Waals surface area contributed by atoms with Gasteiger partial charge in [0.1, 0.15) is 0 Å². The van der Waals surface area contributed by atoms with Crippen molar-refractivity contribution in [1.29, 1.82) is 0 Å². The van der Waals surface area contributed by atoms with Gasteiger partial charge in [0.15, 0.2) is 0 Å². The van der Waals surface area contributed by atoms with Crippen LogP contribution in [0.25, 0.3) is 0 Å². The van der Waals surface area contributed by atoms with E-state index in [1.54, 1.807) is 0 Å². The molecule has 0 atom stereocenters. The van der Waals surface area contributed by atoms with Crippen molar-refractivity contribution in [2.24, 2.45) is 0 Å². The third-order valence-corrected chi connectivity index (χ3v) is 7.89. The number of rotatable bonds is 24. The van der Waals surface area contributed by atoms with Gasteiger partial charge in [-0.3, -0.25) is 0 Å². The van der Waals surface area contributed by atoms with Gasteiger partial charge in [0.25, 0.3) is 0 Å². The Labute approximate surface area is 291 Å². The predicted octanol–water partition coefficient (Wildman–Crippen LogP) is 5.53. The molecule has 0 aromatic rings. The molecule has 0 radical (unpaired) electrons. The van der Waals surface area contributed by atoms with Crippen LogP contribution in [0, 0.1) is 0 Å². The number of quaternary nitrogens is 2. The molecule has 0 aromatic heterocycles. The van der Waals surface area contributed by atoms with Crippen molar-refractivity contribution >= 4 is 0 Å². The Bertz CT molecular complexity index is 307. The van der Waals surface area contributed by atoms with Gasteiger partial charge >= 0.3 is 0 Å². The van der Waals surface area contributed by atoms with E-state index < -0.39 is 0 Å². The molecular weight excluding hydrogens is 628 g/mol. The zero-order chi connectivity index (χ0) is 26.0. The summed E-state index contributed by atoms with van der Waals surface area (Å²) in [7, 11) is 0. The summed E-state index contributed by atoms with van der Waals surface area (Å²) in [4.78, 5) is 0. The Kier molecular flexibility index (Phi) is 95.5. The third-order valence-electron chi connectivity index (χ3n) is 7.89. The Morgan fingerprint density at radius 1 is 0.256 bits per heavy atom. The SMILES string of the molecule is CCCC[N+](CCCC)(CCCC)CCCC.CCCC[N+](CCCC)(CCCC)CCCC.O.O.O.O.O.[Cr].[Cr].[OH-].[OH-]. The van der Waals surface area contributed by atoms with Crippen molar-refractivity contribution < 1.29 is 82.0 Å². The molecule has 0 aliphatic heterocycles. The molecule has 0 fully saturated rings. The molecule has 0 aliphatic carbocycles. The molecule has 276 valence electrons. The fourth-order valence-corrected chi connectivity index (χ4v) is 5.29. The molecule has 12 N–H and O–H groups in total. The van der Waals surface area contributed by atoms with E-state index in [1.165, 1.54) is 164 Å². The van der Waals surface area contributed by atoms with Crippen LogP contribution in [-0.2, 0) is 34.7 Å². The number of hydrogen-bond acceptors (Lipinski definition) is 2. The van der Waals surface area contributed by atoms with Gasteiger partial charge in [0.2, 0.25) is 0 Å². The van der Waals surface area contributed by atoms with Crippen molar-refractivity contribution in [1.82, 2.24) is 0 Å². The molecule has 0 heterocycles. The molecule has 0 spiro atoms. The van der Waals surface area contributed by atoms with E-state index in [9.17, 15) is 0 Å². The Balaban J connectivity index is -0.0000000438. The topological polar surface area (TPSA) is 218 Å². The van der Waals surface area contributed by atoms with Gasteiger partial charge in [-0.25, -0.2) is 0 Å². The Morgan fingerprint density at radius 3 is 0.419 bits per heavy atom. The van der Waals surface area contributed by atoms with Gasteiger partial charge in [0, 0.05) is 34.7 Å². The molecular formula is C32H84Cr2N2O7. The Hall–Kier alpha value is 0.705. The van der Waals surface area contributed by atoms with E-state index in [-0.39, 0.29) is 73.1 Å². The molecule has 0 aromatic carbocycles. The molecule has 11 heteroatoms. The fourth-order valence-electron chi connectivity index (χ4n) is 5.29. The van der Waals surface area contributed by atoms with Crippen LogP contribution < -0.4 is 0 Å². The number of hydrogen-bond donors (Lipinski definition) is 0. The van der Waals surface area contributed by atoms with Gasteiger partial charge in [-0.1, -0.05) is 107 Å². The second-order valence-electron chi connectivity index (χ2n) is 11.3. The summed E-state index contributed by atoms with van der Waals surface area (Å²) >= 11 is 0. The molecule has 43 heavy (non-hydrogen) atoms. The standard InChI is InChI=1S/2C16H36N.2Cr.7H2O/c2*1-5-9-13-17(14-10-6-2,15-11-7-3)16-12-8-4;;;;;;;;;/h2*5-16H2,1-4H3;;;7*1H2/q2*+1;;;;;;;;;/p-2. The first kappa shape index (κ1) is 74.5. The average molecular weight is 713 g/mol. The minimum Gasteiger partial charge on any atom is -0.870 e. The van der Waals surface area contributed by atoms with Crippen LogP contribution in [0.1, 0.15) is 158 Å². The summed E-state index contributed by atoms with van der Waals surface area (Å²) in [6.07, 6.45) is 22.1. The van der Waals surface area contributed by atoms with Crippen LogP contribution in [0.2, 0.25) is 0 Å². The molecule has 0 amide bonds. The summed E-state index contributed by atoms with van der Waals surface area (Å²) in [6.45, 7) is 30.0. The van der Waals surface area contributed by atoms with E-state index in [2.05, 4.69) is 55.4 Å². The molecule has 0 saturated carbocycles. The summed E-state index contributed by atoms with van der Waals surface area (Å²) in [5.41, 5.74) is 0. The smallest absolute Gasteiger partial charge is 0.0786 e. The van der Waals surface area contributed by atoms with Crippen molar-refractivity contribution in [3.05, 3.63) is 0 Å². The van der Waals surface area contributed by atoms with Crippen molar-refractivity contribution in [2.45, 2.75) is 158 Å². The molecule has 9 nitrogen and oxygen atoms in total. The summed E-state index contributed by atoms with van der Waals surface area (Å²) in [6, 6.07) is 0. The van der Waals surface area contributed by atoms with Gasteiger partial charge < -0.3 is 47.3 Å². The van der Waals surface area contributed by atoms with Crippen LogP contribution in [0.3, 0.4) is 0 Å². The van der Waals surface area contributed by atoms with Crippen LogP contribution in [0.15, 0.2) is 0 Å². The second kappa shape index (κ2) is 55.1. The molecule has 0 unspecified atom stereocenters. The van der Waals surface area contributed by atoms with Gasteiger partial charge in [-0.05, 0) is 51.4 Å². The normalized spacial score (nSPS) is 9.49. The maximum Gasteiger partial charge on any atom is 0.0786 e. The largest absolute Gasteiger partial charge is 0.870 e. The summed E-state index contributed by atoms with van der Waals surface area (Å²) < 4.78 is 2.84. The first-order valence-corrected chi connectivity index (χ1v) is 16.2. The van der Waals surface area contributed by atoms with E-state index in [4.69, 9.17) is 0 Å². The zero-order valence-electron chi connectivity index (χ0n) is 30.1.